The number of methoxy groups -OCH3 is 2. The number of benzene rings is 2. The monoisotopic (exact) mass is 553 g/mol. The molecule has 10 heteroatoms. The van der Waals surface area contributed by atoms with Crippen molar-refractivity contribution in [2.24, 2.45) is 4.99 Å². The van der Waals surface area contributed by atoms with Gasteiger partial charge in [0.2, 0.25) is 0 Å². The molecule has 0 saturated heterocycles. The first-order chi connectivity index (χ1) is 19.4. The molecule has 3 N–H and O–H groups in total. The summed E-state index contributed by atoms with van der Waals surface area (Å²) in [5.74, 6) is 0.969. The molecule has 0 aromatic heterocycles. The van der Waals surface area contributed by atoms with Crippen molar-refractivity contribution < 1.29 is 33.7 Å². The first kappa shape index (κ1) is 29.5. The fourth-order valence-corrected chi connectivity index (χ4v) is 5.53. The maximum Gasteiger partial charge on any atom is 0.407 e. The third kappa shape index (κ3) is 7.38. The van der Waals surface area contributed by atoms with Crippen LogP contribution in [0.15, 0.2) is 53.5 Å². The van der Waals surface area contributed by atoms with E-state index in [-0.39, 0.29) is 24.5 Å². The van der Waals surface area contributed by atoms with Crippen molar-refractivity contribution in [3.8, 4) is 5.75 Å². The quantitative estimate of drug-likeness (QED) is 0.229. The van der Waals surface area contributed by atoms with Gasteiger partial charge in [-0.1, -0.05) is 30.3 Å². The number of hydrogen-bond acceptors (Lipinski definition) is 8. The van der Waals surface area contributed by atoms with Crippen LogP contribution in [0.1, 0.15) is 55.7 Å². The van der Waals surface area contributed by atoms with Gasteiger partial charge in [-0.3, -0.25) is 20.5 Å². The number of carbonyl (C=O) groups is 2. The van der Waals surface area contributed by atoms with E-state index in [0.29, 0.717) is 56.7 Å². The molecule has 2 aromatic carbocycles. The van der Waals surface area contributed by atoms with E-state index in [4.69, 9.17) is 23.9 Å². The summed E-state index contributed by atoms with van der Waals surface area (Å²) in [6.45, 7) is 2.10. The maximum atomic E-state index is 12.3. The predicted octanol–water partition coefficient (Wildman–Crippen LogP) is 3.96. The van der Waals surface area contributed by atoms with Gasteiger partial charge < -0.3 is 24.3 Å². The van der Waals surface area contributed by atoms with E-state index in [1.54, 1.807) is 7.11 Å². The Labute approximate surface area is 235 Å². The summed E-state index contributed by atoms with van der Waals surface area (Å²) < 4.78 is 22.3. The van der Waals surface area contributed by atoms with Crippen LogP contribution in [0.25, 0.3) is 0 Å². The highest BCUT2D eigenvalue weighted by Gasteiger charge is 2.37. The zero-order valence-electron chi connectivity index (χ0n) is 23.4. The lowest BCUT2D eigenvalue weighted by Crippen LogP contribution is -2.46. The van der Waals surface area contributed by atoms with Crippen molar-refractivity contribution in [3.63, 3.8) is 0 Å². The van der Waals surface area contributed by atoms with Gasteiger partial charge in [-0.25, -0.2) is 4.79 Å². The third-order valence-electron chi connectivity index (χ3n) is 7.62. The molecule has 4 rings (SSSR count). The Hall–Kier alpha value is -3.47. The largest absolute Gasteiger partial charge is 0.487 e. The molecule has 2 atom stereocenters. The topological polar surface area (TPSA) is 128 Å². The molecule has 2 aliphatic rings. The number of hydrogen-bond donors (Lipinski definition) is 3. The Morgan fingerprint density at radius 1 is 1.12 bits per heavy atom. The Balaban J connectivity index is 1.40. The highest BCUT2D eigenvalue weighted by atomic mass is 16.5. The Morgan fingerprint density at radius 3 is 2.52 bits per heavy atom. The zero-order chi connectivity index (χ0) is 28.5. The van der Waals surface area contributed by atoms with Crippen LogP contribution in [0, 0.1) is 0 Å². The molecule has 1 unspecified atom stereocenters. The maximum absolute atomic E-state index is 12.3. The summed E-state index contributed by atoms with van der Waals surface area (Å²) in [5.41, 5.74) is 4.35. The summed E-state index contributed by atoms with van der Waals surface area (Å²) in [4.78, 5) is 29.2. The van der Waals surface area contributed by atoms with E-state index < -0.39 is 17.7 Å². The highest BCUT2D eigenvalue weighted by molar-refractivity contribution is 5.98. The zero-order valence-corrected chi connectivity index (χ0v) is 23.4. The van der Waals surface area contributed by atoms with Gasteiger partial charge >= 0.3 is 6.09 Å². The number of amidine groups is 1. The van der Waals surface area contributed by atoms with Gasteiger partial charge in [0, 0.05) is 25.8 Å². The molecule has 10 nitrogen and oxygen atoms in total. The molecule has 1 amide bonds. The fourth-order valence-electron chi connectivity index (χ4n) is 5.53. The average Bonchev–Trinajstić information content (AvgIpc) is 2.97. The van der Waals surface area contributed by atoms with Crippen molar-refractivity contribution in [1.29, 1.82) is 0 Å². The molecule has 1 fully saturated rings. The number of aliphatic imine (C=N–C) groups is 1. The summed E-state index contributed by atoms with van der Waals surface area (Å²) in [6.07, 6.45) is 2.68. The Morgan fingerprint density at radius 2 is 1.88 bits per heavy atom. The number of hydroxylamine groups is 1. The van der Waals surface area contributed by atoms with Gasteiger partial charge in [-0.2, -0.15) is 0 Å². The number of nitrogens with one attached hydrogen (secondary N) is 2. The number of ketones is 1. The smallest absolute Gasteiger partial charge is 0.407 e. The molecule has 2 aromatic rings. The molecule has 0 spiro atoms. The fraction of sp³-hybridized carbons (Fsp3) is 0.500. The first-order valence-corrected chi connectivity index (χ1v) is 13.7. The minimum Gasteiger partial charge on any atom is -0.487 e. The van der Waals surface area contributed by atoms with E-state index in [9.17, 15) is 14.8 Å². The number of fused-ring (bicyclic) bond motifs is 1. The number of nitrogens with zero attached hydrogens (tertiary/aromatic N) is 1. The van der Waals surface area contributed by atoms with Crippen LogP contribution in [0.5, 0.6) is 5.75 Å². The predicted molar refractivity (Wildman–Crippen MR) is 149 cm³/mol. The molecule has 1 heterocycles. The lowest BCUT2D eigenvalue weighted by Gasteiger charge is -2.37. The normalized spacial score (nSPS) is 23.4. The second-order valence-electron chi connectivity index (χ2n) is 10.5. The van der Waals surface area contributed by atoms with Crippen LogP contribution >= 0.6 is 0 Å². The number of Topliss-reactive ketones (excluding diaryl/α,β-unsaturated/α-hetero) is 1. The van der Waals surface area contributed by atoms with Gasteiger partial charge in [0.25, 0.3) is 0 Å². The van der Waals surface area contributed by atoms with Crippen molar-refractivity contribution in [2.45, 2.75) is 75.8 Å². The number of aryl methyl sites for hydroxylation is 1. The minimum absolute atomic E-state index is 0.0336. The number of ether oxygens (including phenoxy) is 4. The molecular formula is C30H39N3O7. The van der Waals surface area contributed by atoms with Gasteiger partial charge in [-0.05, 0) is 74.8 Å². The summed E-state index contributed by atoms with van der Waals surface area (Å²) in [7, 11) is 3.15. The highest BCUT2D eigenvalue weighted by Crippen LogP contribution is 2.34. The van der Waals surface area contributed by atoms with Crippen LogP contribution in [0.4, 0.5) is 4.79 Å². The number of alkyl carbamates (subject to hydrolysis) is 1. The molecule has 0 bridgehead atoms. The average molecular weight is 554 g/mol. The van der Waals surface area contributed by atoms with E-state index in [2.05, 4.69) is 10.8 Å². The molecule has 40 heavy (non-hydrogen) atoms. The number of rotatable bonds is 10. The second kappa shape index (κ2) is 13.7. The lowest BCUT2D eigenvalue weighted by molar-refractivity contribution is -0.132. The van der Waals surface area contributed by atoms with Crippen molar-refractivity contribution in [3.05, 3.63) is 65.2 Å². The van der Waals surface area contributed by atoms with Crippen LogP contribution in [0.2, 0.25) is 0 Å². The van der Waals surface area contributed by atoms with Crippen molar-refractivity contribution in [2.75, 3.05) is 20.8 Å². The van der Waals surface area contributed by atoms with Crippen molar-refractivity contribution in [1.82, 2.24) is 10.8 Å². The van der Waals surface area contributed by atoms with Crippen LogP contribution in [-0.4, -0.2) is 67.5 Å². The Bertz CT molecular complexity index is 1180. The van der Waals surface area contributed by atoms with Crippen LogP contribution in [-0.2, 0) is 32.0 Å². The third-order valence-corrected chi connectivity index (χ3v) is 7.62. The molecule has 0 radical (unpaired) electrons. The van der Waals surface area contributed by atoms with E-state index in [1.807, 2.05) is 48.5 Å². The summed E-state index contributed by atoms with van der Waals surface area (Å²) in [6, 6.07) is 15.1. The molecule has 216 valence electrons. The first-order valence-electron chi connectivity index (χ1n) is 13.7. The standard InChI is InChI=1S/C30H39N3O7/c1-20(34)27(38-3)26-12-9-22-17-23(10-11-25(22)40-26)28(33-36)32-30(19-37-2)15-13-24(14-16-30)31-29(35)39-18-21-7-5-4-6-8-21/h4-8,10-11,17,24,26-27,36H,9,12-16,18-19H2,1-3H3,(H,31,35)(H,32,33)/t24?,26-,27?,30?/m1/s1. The number of amides is 1. The second-order valence-corrected chi connectivity index (χ2v) is 10.5. The minimum atomic E-state index is -0.603. The Kier molecular flexibility index (Phi) is 10.1. The molecule has 1 aliphatic carbocycles. The summed E-state index contributed by atoms with van der Waals surface area (Å²) in [5, 5.41) is 13.0. The van der Waals surface area contributed by atoms with Gasteiger partial charge in [0.1, 0.15) is 18.5 Å². The van der Waals surface area contributed by atoms with E-state index in [0.717, 1.165) is 16.7 Å². The SMILES string of the molecule is COCC1(N=C(NO)c2ccc3c(c2)CC[C@H](C(OC)C(C)=O)O3)CCC(NC(=O)OCc2ccccc2)CC1. The summed E-state index contributed by atoms with van der Waals surface area (Å²) >= 11 is 0. The van der Waals surface area contributed by atoms with Crippen LogP contribution in [0.3, 0.4) is 0 Å². The molecule has 1 aliphatic heterocycles. The van der Waals surface area contributed by atoms with Crippen LogP contribution < -0.4 is 15.5 Å². The molecular weight excluding hydrogens is 514 g/mol. The van der Waals surface area contributed by atoms with Crippen molar-refractivity contribution >= 4 is 17.7 Å². The van der Waals surface area contributed by atoms with Gasteiger partial charge in [-0.15, -0.1) is 0 Å². The molecule has 1 saturated carbocycles. The number of carbonyl (C=O) groups excluding carboxylic acids is 2. The van der Waals surface area contributed by atoms with Gasteiger partial charge in [0.15, 0.2) is 17.7 Å². The van der Waals surface area contributed by atoms with E-state index in [1.165, 1.54) is 14.0 Å². The van der Waals surface area contributed by atoms with Gasteiger partial charge in [0.05, 0.1) is 12.1 Å². The lowest BCUT2D eigenvalue weighted by atomic mass is 9.80. The van der Waals surface area contributed by atoms with E-state index >= 15 is 0 Å².